The van der Waals surface area contributed by atoms with Crippen molar-refractivity contribution in [3.8, 4) is 0 Å². The number of likely N-dealkylation sites (tertiary alicyclic amines) is 1. The Kier molecular flexibility index (Phi) is 9.46. The summed E-state index contributed by atoms with van der Waals surface area (Å²) in [5.41, 5.74) is 0. The van der Waals surface area contributed by atoms with Crippen LogP contribution in [0.5, 0.6) is 0 Å². The number of nitrogens with zero attached hydrogens (tertiary/aromatic N) is 5. The van der Waals surface area contributed by atoms with E-state index in [9.17, 15) is 0 Å². The number of aryl methyl sites for hydroxylation is 1. The molecule has 2 fully saturated rings. The lowest BCUT2D eigenvalue weighted by molar-refractivity contribution is 0.266. The fourth-order valence-electron chi connectivity index (χ4n) is 4.25. The zero-order valence-corrected chi connectivity index (χ0v) is 20.3. The van der Waals surface area contributed by atoms with Crippen LogP contribution in [0.25, 0.3) is 0 Å². The summed E-state index contributed by atoms with van der Waals surface area (Å²) in [7, 11) is 2.00. The van der Waals surface area contributed by atoms with Gasteiger partial charge in [0.1, 0.15) is 12.4 Å². The second-order valence-corrected chi connectivity index (χ2v) is 8.29. The molecule has 2 heterocycles. The molecule has 28 heavy (non-hydrogen) atoms. The van der Waals surface area contributed by atoms with Gasteiger partial charge in [0.25, 0.3) is 0 Å². The van der Waals surface area contributed by atoms with E-state index in [1.807, 2.05) is 18.5 Å². The third-order valence-electron chi connectivity index (χ3n) is 6.33. The SMILES string of the molecule is CCN1CCCC1CNC(=NCc1nnc(C)n1C)NC1CCC(C)CC1.I. The number of likely N-dealkylation sites (N-methyl/N-ethyl adjacent to an activating group) is 1. The Morgan fingerprint density at radius 2 is 1.93 bits per heavy atom. The lowest BCUT2D eigenvalue weighted by atomic mass is 9.87. The van der Waals surface area contributed by atoms with Gasteiger partial charge in [0.2, 0.25) is 0 Å². The van der Waals surface area contributed by atoms with Crippen LogP contribution < -0.4 is 10.6 Å². The first-order valence-electron chi connectivity index (χ1n) is 10.7. The summed E-state index contributed by atoms with van der Waals surface area (Å²) in [5, 5.41) is 15.7. The third-order valence-corrected chi connectivity index (χ3v) is 6.33. The van der Waals surface area contributed by atoms with Crippen LogP contribution in [-0.4, -0.2) is 57.3 Å². The van der Waals surface area contributed by atoms with Gasteiger partial charge in [-0.15, -0.1) is 34.2 Å². The average molecular weight is 503 g/mol. The lowest BCUT2D eigenvalue weighted by Gasteiger charge is -2.29. The minimum Gasteiger partial charge on any atom is -0.355 e. The highest BCUT2D eigenvalue weighted by Gasteiger charge is 2.24. The van der Waals surface area contributed by atoms with Crippen LogP contribution in [0.3, 0.4) is 0 Å². The van der Waals surface area contributed by atoms with Crippen molar-refractivity contribution < 1.29 is 0 Å². The maximum absolute atomic E-state index is 4.85. The molecule has 0 radical (unpaired) electrons. The lowest BCUT2D eigenvalue weighted by Crippen LogP contribution is -2.48. The van der Waals surface area contributed by atoms with Crippen molar-refractivity contribution in [2.24, 2.45) is 18.0 Å². The zero-order valence-electron chi connectivity index (χ0n) is 17.9. The molecular weight excluding hydrogens is 465 g/mol. The van der Waals surface area contributed by atoms with Crippen molar-refractivity contribution in [1.82, 2.24) is 30.3 Å². The molecule has 2 N–H and O–H groups in total. The predicted molar refractivity (Wildman–Crippen MR) is 125 cm³/mol. The molecule has 1 saturated carbocycles. The number of halogens is 1. The minimum absolute atomic E-state index is 0. The standard InChI is InChI=1S/C20H37N7.HI/c1-5-27-12-6-7-18(27)13-21-20(23-17-10-8-15(2)9-11-17)22-14-19-25-24-16(3)26(19)4;/h15,17-18H,5-14H2,1-4H3,(H2,21,22,23);1H. The van der Waals surface area contributed by atoms with E-state index in [4.69, 9.17) is 4.99 Å². The second-order valence-electron chi connectivity index (χ2n) is 8.29. The van der Waals surface area contributed by atoms with Gasteiger partial charge in [0.05, 0.1) is 0 Å². The Hall–Kier alpha value is -0.900. The number of hydrogen-bond acceptors (Lipinski definition) is 4. The molecule has 1 saturated heterocycles. The molecular formula is C20H38IN7. The quantitative estimate of drug-likeness (QED) is 0.355. The summed E-state index contributed by atoms with van der Waals surface area (Å²) in [5.74, 6) is 3.61. The van der Waals surface area contributed by atoms with Crippen LogP contribution in [0.1, 0.15) is 64.0 Å². The molecule has 1 aliphatic carbocycles. The molecule has 7 nitrogen and oxygen atoms in total. The fraction of sp³-hybridized carbons (Fsp3) is 0.850. The number of hydrogen-bond donors (Lipinski definition) is 2. The largest absolute Gasteiger partial charge is 0.355 e. The van der Waals surface area contributed by atoms with Crippen LogP contribution in [0.15, 0.2) is 4.99 Å². The van der Waals surface area contributed by atoms with Gasteiger partial charge in [0, 0.05) is 25.7 Å². The van der Waals surface area contributed by atoms with Crippen LogP contribution in [-0.2, 0) is 13.6 Å². The summed E-state index contributed by atoms with van der Waals surface area (Å²) in [4.78, 5) is 7.41. The molecule has 3 rings (SSSR count). The van der Waals surface area contributed by atoms with Crippen LogP contribution in [0.2, 0.25) is 0 Å². The summed E-state index contributed by atoms with van der Waals surface area (Å²) in [6.45, 7) is 10.5. The van der Waals surface area contributed by atoms with Crippen molar-refractivity contribution in [1.29, 1.82) is 0 Å². The number of aliphatic imine (C=N–C) groups is 1. The summed E-state index contributed by atoms with van der Waals surface area (Å²) < 4.78 is 2.01. The highest BCUT2D eigenvalue weighted by molar-refractivity contribution is 14.0. The molecule has 0 aromatic carbocycles. The van der Waals surface area contributed by atoms with Crippen LogP contribution in [0.4, 0.5) is 0 Å². The number of aromatic nitrogens is 3. The molecule has 1 unspecified atom stereocenters. The topological polar surface area (TPSA) is 70.4 Å². The van der Waals surface area contributed by atoms with Gasteiger partial charge in [-0.1, -0.05) is 13.8 Å². The first kappa shape index (κ1) is 23.4. The smallest absolute Gasteiger partial charge is 0.191 e. The maximum atomic E-state index is 4.85. The molecule has 0 bridgehead atoms. The van der Waals surface area contributed by atoms with Crippen LogP contribution in [0, 0.1) is 12.8 Å². The Labute approximate surface area is 187 Å². The molecule has 0 spiro atoms. The monoisotopic (exact) mass is 503 g/mol. The van der Waals surface area contributed by atoms with E-state index in [0.29, 0.717) is 18.6 Å². The fourth-order valence-corrected chi connectivity index (χ4v) is 4.25. The van der Waals surface area contributed by atoms with Gasteiger partial charge >= 0.3 is 0 Å². The molecule has 160 valence electrons. The van der Waals surface area contributed by atoms with Crippen LogP contribution >= 0.6 is 24.0 Å². The molecule has 0 amide bonds. The van der Waals surface area contributed by atoms with Crippen molar-refractivity contribution in [2.75, 3.05) is 19.6 Å². The highest BCUT2D eigenvalue weighted by atomic mass is 127. The third kappa shape index (κ3) is 6.30. The number of nitrogens with one attached hydrogen (secondary N) is 2. The summed E-state index contributed by atoms with van der Waals surface area (Å²) in [6, 6.07) is 1.14. The van der Waals surface area contributed by atoms with Gasteiger partial charge in [-0.05, 0) is 64.5 Å². The van der Waals surface area contributed by atoms with E-state index in [-0.39, 0.29) is 24.0 Å². The molecule has 1 aromatic heterocycles. The summed E-state index contributed by atoms with van der Waals surface area (Å²) >= 11 is 0. The van der Waals surface area contributed by atoms with E-state index in [2.05, 4.69) is 39.6 Å². The highest BCUT2D eigenvalue weighted by Crippen LogP contribution is 2.23. The Bertz CT molecular complexity index is 622. The number of rotatable bonds is 6. The zero-order chi connectivity index (χ0) is 19.2. The van der Waals surface area contributed by atoms with E-state index in [1.54, 1.807) is 0 Å². The van der Waals surface area contributed by atoms with Gasteiger partial charge < -0.3 is 15.2 Å². The van der Waals surface area contributed by atoms with E-state index < -0.39 is 0 Å². The first-order valence-corrected chi connectivity index (χ1v) is 10.7. The van der Waals surface area contributed by atoms with Crippen molar-refractivity contribution in [2.45, 2.75) is 77.9 Å². The molecule has 2 aliphatic rings. The van der Waals surface area contributed by atoms with Gasteiger partial charge in [-0.3, -0.25) is 4.90 Å². The maximum Gasteiger partial charge on any atom is 0.191 e. The molecule has 1 aliphatic heterocycles. The normalized spacial score (nSPS) is 26.1. The second kappa shape index (κ2) is 11.3. The van der Waals surface area contributed by atoms with E-state index in [0.717, 1.165) is 36.6 Å². The van der Waals surface area contributed by atoms with Gasteiger partial charge in [-0.2, -0.15) is 0 Å². The average Bonchev–Trinajstić information content (AvgIpc) is 3.26. The number of guanidine groups is 1. The van der Waals surface area contributed by atoms with E-state index in [1.165, 1.54) is 45.1 Å². The first-order chi connectivity index (χ1) is 13.1. The Balaban J connectivity index is 0.00000280. The molecule has 8 heteroatoms. The Morgan fingerprint density at radius 1 is 1.18 bits per heavy atom. The van der Waals surface area contributed by atoms with Gasteiger partial charge in [-0.25, -0.2) is 4.99 Å². The molecule has 1 atom stereocenters. The van der Waals surface area contributed by atoms with Gasteiger partial charge in [0.15, 0.2) is 11.8 Å². The Morgan fingerprint density at radius 3 is 2.57 bits per heavy atom. The van der Waals surface area contributed by atoms with Crippen molar-refractivity contribution >= 4 is 29.9 Å². The molecule has 1 aromatic rings. The minimum atomic E-state index is 0. The summed E-state index contributed by atoms with van der Waals surface area (Å²) in [6.07, 6.45) is 7.65. The predicted octanol–water partition coefficient (Wildman–Crippen LogP) is 2.84. The van der Waals surface area contributed by atoms with E-state index >= 15 is 0 Å². The van der Waals surface area contributed by atoms with Crippen molar-refractivity contribution in [3.05, 3.63) is 11.6 Å². The van der Waals surface area contributed by atoms with Crippen molar-refractivity contribution in [3.63, 3.8) is 0 Å².